The van der Waals surface area contributed by atoms with Gasteiger partial charge in [0.15, 0.2) is 12.4 Å². The number of hydrogen-bond acceptors (Lipinski definition) is 5. The lowest BCUT2D eigenvalue weighted by Gasteiger charge is -2.22. The zero-order chi connectivity index (χ0) is 19.2. The number of nitrogens with zero attached hydrogens (tertiary/aromatic N) is 3. The molecule has 140 valence electrons. The van der Waals surface area contributed by atoms with E-state index >= 15 is 0 Å². The van der Waals surface area contributed by atoms with Crippen molar-refractivity contribution < 1.29 is 14.3 Å². The van der Waals surface area contributed by atoms with Gasteiger partial charge >= 0.3 is 6.09 Å². The number of rotatable bonds is 4. The first kappa shape index (κ1) is 19.0. The lowest BCUT2D eigenvalue weighted by molar-refractivity contribution is 0.0123. The van der Waals surface area contributed by atoms with Crippen LogP contribution >= 0.6 is 11.6 Å². The minimum atomic E-state index is -0.731. The number of terminal acetylenes is 1. The van der Waals surface area contributed by atoms with E-state index in [0.717, 1.165) is 35.8 Å². The quantitative estimate of drug-likeness (QED) is 0.491. The van der Waals surface area contributed by atoms with Crippen LogP contribution in [0.2, 0.25) is 5.02 Å². The molecule has 0 aliphatic carbocycles. The Hall–Kier alpha value is -2.82. The highest BCUT2D eigenvalue weighted by molar-refractivity contribution is 6.30. The Kier molecular flexibility index (Phi) is 6.12. The fourth-order valence-electron chi connectivity index (χ4n) is 2.98. The van der Waals surface area contributed by atoms with Crippen LogP contribution in [-0.4, -0.2) is 35.4 Å². The molecule has 2 heterocycles. The number of aliphatic imine (C=N–C) groups is 1. The number of nitrogens with two attached hydrogens (primary N) is 1. The number of aromatic nitrogens is 2. The summed E-state index contributed by atoms with van der Waals surface area (Å²) >= 11 is 6.01. The fourth-order valence-corrected chi connectivity index (χ4v) is 3.11. The Morgan fingerprint density at radius 3 is 2.89 bits per heavy atom. The largest absolute Gasteiger partial charge is 0.437 e. The Morgan fingerprint density at radius 1 is 1.48 bits per heavy atom. The summed E-state index contributed by atoms with van der Waals surface area (Å²) < 4.78 is 12.0. The SMILES string of the molecule is C#CCOC(=O)n1nc(C2CCCCO2)c(-c2ccc(Cl)cc2)c1/N=C\N. The molecule has 1 aliphatic rings. The van der Waals surface area contributed by atoms with Gasteiger partial charge in [0.1, 0.15) is 11.8 Å². The third-order valence-corrected chi connectivity index (χ3v) is 4.41. The van der Waals surface area contributed by atoms with E-state index < -0.39 is 6.09 Å². The average molecular weight is 387 g/mol. The maximum atomic E-state index is 12.4. The van der Waals surface area contributed by atoms with Crippen LogP contribution in [0.3, 0.4) is 0 Å². The van der Waals surface area contributed by atoms with Gasteiger partial charge in [0, 0.05) is 11.6 Å². The standard InChI is InChI=1S/C19H19ClN4O3/c1-2-10-27-19(25)24-18(22-12-21)16(13-6-8-14(20)9-7-13)17(23-24)15-5-3-4-11-26-15/h1,6-9,12,15H,3-5,10-11H2,(H2,21,22). The number of carbonyl (C=O) groups is 1. The number of ether oxygens (including phenoxy) is 2. The van der Waals surface area contributed by atoms with Crippen molar-refractivity contribution in [3.8, 4) is 23.5 Å². The van der Waals surface area contributed by atoms with E-state index in [-0.39, 0.29) is 18.5 Å². The van der Waals surface area contributed by atoms with Crippen molar-refractivity contribution in [3.05, 3.63) is 35.0 Å². The van der Waals surface area contributed by atoms with Gasteiger partial charge in [0.2, 0.25) is 0 Å². The van der Waals surface area contributed by atoms with E-state index in [2.05, 4.69) is 16.0 Å². The minimum Gasteiger partial charge on any atom is -0.435 e. The molecule has 0 spiro atoms. The van der Waals surface area contributed by atoms with Gasteiger partial charge in [-0.15, -0.1) is 11.1 Å². The molecule has 3 rings (SSSR count). The lowest BCUT2D eigenvalue weighted by Crippen LogP contribution is -2.17. The van der Waals surface area contributed by atoms with Crippen LogP contribution in [0.5, 0.6) is 0 Å². The van der Waals surface area contributed by atoms with Crippen molar-refractivity contribution in [1.82, 2.24) is 9.78 Å². The van der Waals surface area contributed by atoms with Crippen LogP contribution in [0.15, 0.2) is 29.3 Å². The van der Waals surface area contributed by atoms with Crippen LogP contribution in [0.25, 0.3) is 11.1 Å². The monoisotopic (exact) mass is 386 g/mol. The first-order chi connectivity index (χ1) is 13.2. The van der Waals surface area contributed by atoms with Crippen molar-refractivity contribution in [2.24, 2.45) is 10.7 Å². The fraction of sp³-hybridized carbons (Fsp3) is 0.316. The van der Waals surface area contributed by atoms with Crippen molar-refractivity contribution in [1.29, 1.82) is 0 Å². The highest BCUT2D eigenvalue weighted by Crippen LogP contribution is 2.40. The van der Waals surface area contributed by atoms with Gasteiger partial charge in [-0.25, -0.2) is 9.79 Å². The second-order valence-corrected chi connectivity index (χ2v) is 6.33. The first-order valence-corrected chi connectivity index (χ1v) is 8.88. The number of benzene rings is 1. The van der Waals surface area contributed by atoms with Crippen LogP contribution < -0.4 is 5.73 Å². The third kappa shape index (κ3) is 4.13. The van der Waals surface area contributed by atoms with Crippen LogP contribution in [0.1, 0.15) is 31.1 Å². The molecule has 8 heteroatoms. The normalized spacial score (nSPS) is 17.0. The van der Waals surface area contributed by atoms with E-state index in [1.807, 2.05) is 12.1 Å². The van der Waals surface area contributed by atoms with E-state index in [9.17, 15) is 4.79 Å². The molecule has 0 radical (unpaired) electrons. The highest BCUT2D eigenvalue weighted by Gasteiger charge is 2.29. The molecule has 27 heavy (non-hydrogen) atoms. The van der Waals surface area contributed by atoms with Crippen molar-refractivity contribution in [2.75, 3.05) is 13.2 Å². The van der Waals surface area contributed by atoms with Gasteiger partial charge in [0.05, 0.1) is 11.9 Å². The van der Waals surface area contributed by atoms with Gasteiger partial charge < -0.3 is 15.2 Å². The molecule has 2 N–H and O–H groups in total. The number of hydrogen-bond donors (Lipinski definition) is 1. The first-order valence-electron chi connectivity index (χ1n) is 8.51. The molecule has 0 bridgehead atoms. The van der Waals surface area contributed by atoms with Crippen molar-refractivity contribution in [3.63, 3.8) is 0 Å². The second kappa shape index (κ2) is 8.71. The summed E-state index contributed by atoms with van der Waals surface area (Å²) in [4.78, 5) is 16.6. The maximum absolute atomic E-state index is 12.4. The molecule has 1 atom stereocenters. The van der Waals surface area contributed by atoms with E-state index in [0.29, 0.717) is 22.9 Å². The molecule has 1 unspecified atom stereocenters. The van der Waals surface area contributed by atoms with Gasteiger partial charge in [0.25, 0.3) is 0 Å². The molecule has 0 saturated carbocycles. The molecule has 1 fully saturated rings. The molecule has 0 amide bonds. The van der Waals surface area contributed by atoms with Crippen LogP contribution in [0.4, 0.5) is 10.6 Å². The van der Waals surface area contributed by atoms with Crippen molar-refractivity contribution in [2.45, 2.75) is 25.4 Å². The van der Waals surface area contributed by atoms with Crippen LogP contribution in [-0.2, 0) is 9.47 Å². The van der Waals surface area contributed by atoms with E-state index in [1.54, 1.807) is 12.1 Å². The predicted molar refractivity (Wildman–Crippen MR) is 103 cm³/mol. The summed E-state index contributed by atoms with van der Waals surface area (Å²) in [5, 5.41) is 5.05. The van der Waals surface area contributed by atoms with E-state index in [4.69, 9.17) is 33.2 Å². The van der Waals surface area contributed by atoms with Gasteiger partial charge in [-0.1, -0.05) is 29.7 Å². The summed E-state index contributed by atoms with van der Waals surface area (Å²) in [6.45, 7) is 0.463. The Balaban J connectivity index is 2.16. The summed E-state index contributed by atoms with van der Waals surface area (Å²) in [6, 6.07) is 7.18. The molecule has 7 nitrogen and oxygen atoms in total. The highest BCUT2D eigenvalue weighted by atomic mass is 35.5. The predicted octanol–water partition coefficient (Wildman–Crippen LogP) is 3.68. The second-order valence-electron chi connectivity index (χ2n) is 5.89. The molecule has 1 aromatic carbocycles. The zero-order valence-corrected chi connectivity index (χ0v) is 15.4. The molecule has 1 aromatic heterocycles. The third-order valence-electron chi connectivity index (χ3n) is 4.15. The van der Waals surface area contributed by atoms with Gasteiger partial charge in [-0.3, -0.25) is 0 Å². The van der Waals surface area contributed by atoms with E-state index in [1.165, 1.54) is 0 Å². The molecule has 1 saturated heterocycles. The van der Waals surface area contributed by atoms with Gasteiger partial charge in [-0.05, 0) is 37.0 Å². The Bertz CT molecular complexity index is 878. The number of carbonyl (C=O) groups excluding carboxylic acids is 1. The molecular formula is C19H19ClN4O3. The molecule has 2 aromatic rings. The Labute approximate surface area is 162 Å². The average Bonchev–Trinajstić information content (AvgIpc) is 3.07. The summed E-state index contributed by atoms with van der Waals surface area (Å²) in [5.41, 5.74) is 7.57. The smallest absolute Gasteiger partial charge is 0.435 e. The Morgan fingerprint density at radius 2 is 2.26 bits per heavy atom. The molecule has 1 aliphatic heterocycles. The van der Waals surface area contributed by atoms with Gasteiger partial charge in [-0.2, -0.15) is 5.10 Å². The van der Waals surface area contributed by atoms with Crippen molar-refractivity contribution >= 4 is 29.9 Å². The zero-order valence-electron chi connectivity index (χ0n) is 14.6. The minimum absolute atomic E-state index is 0.171. The lowest BCUT2D eigenvalue weighted by atomic mass is 9.98. The maximum Gasteiger partial charge on any atom is 0.437 e. The summed E-state index contributed by atoms with van der Waals surface area (Å²) in [6.07, 6.45) is 8.09. The number of halogens is 1. The summed E-state index contributed by atoms with van der Waals surface area (Å²) in [7, 11) is 0. The van der Waals surface area contributed by atoms with Crippen LogP contribution in [0, 0.1) is 12.3 Å². The summed E-state index contributed by atoms with van der Waals surface area (Å²) in [5.74, 6) is 2.51. The molecular weight excluding hydrogens is 368 g/mol. The topological polar surface area (TPSA) is 91.7 Å².